The predicted octanol–water partition coefficient (Wildman–Crippen LogP) is 2.84. The number of nitrogens with zero attached hydrogens (tertiary/aromatic N) is 1. The lowest BCUT2D eigenvalue weighted by atomic mass is 10.0. The maximum atomic E-state index is 13.2. The Hall–Kier alpha value is -4.00. The van der Waals surface area contributed by atoms with Crippen LogP contribution in [0.4, 0.5) is 0 Å². The zero-order valence-corrected chi connectivity index (χ0v) is 29.2. The average molecular weight is 683 g/mol. The van der Waals surface area contributed by atoms with E-state index in [0.717, 1.165) is 30.4 Å². The maximum Gasteiger partial charge on any atom is 0.326 e. The van der Waals surface area contributed by atoms with Crippen LogP contribution in [0.3, 0.4) is 0 Å². The summed E-state index contributed by atoms with van der Waals surface area (Å²) in [4.78, 5) is 49.8. The number of hydrogen-bond acceptors (Lipinski definition) is 9. The molecule has 2 fully saturated rings. The second kappa shape index (κ2) is 19.9. The second-order valence-electron chi connectivity index (χ2n) is 13.1. The zero-order valence-electron chi connectivity index (χ0n) is 29.2. The molecule has 2 aromatic rings. The summed E-state index contributed by atoms with van der Waals surface area (Å²) >= 11 is 0. The van der Waals surface area contributed by atoms with Crippen molar-refractivity contribution < 1.29 is 38.9 Å². The van der Waals surface area contributed by atoms with Crippen LogP contribution in [-0.4, -0.2) is 94.9 Å². The highest BCUT2D eigenvalue weighted by atomic mass is 16.5. The van der Waals surface area contributed by atoms with Crippen molar-refractivity contribution in [3.05, 3.63) is 65.7 Å². The van der Waals surface area contributed by atoms with Gasteiger partial charge in [-0.05, 0) is 75.1 Å². The minimum Gasteiger partial charge on any atom is -0.491 e. The molecular formula is C37H54N4O8. The fourth-order valence-corrected chi connectivity index (χ4v) is 6.42. The number of rotatable bonds is 17. The first-order valence-electron chi connectivity index (χ1n) is 17.3. The molecular weight excluding hydrogens is 628 g/mol. The van der Waals surface area contributed by atoms with E-state index in [9.17, 15) is 29.4 Å². The number of likely N-dealkylation sites (tertiary alicyclic amines) is 1. The topological polar surface area (TPSA) is 181 Å². The monoisotopic (exact) mass is 682 g/mol. The molecule has 1 unspecified atom stereocenters. The summed E-state index contributed by atoms with van der Waals surface area (Å²) in [6, 6.07) is 15.2. The minimum absolute atomic E-state index is 0.00629. The van der Waals surface area contributed by atoms with Gasteiger partial charge >= 0.3 is 11.9 Å². The van der Waals surface area contributed by atoms with E-state index >= 15 is 0 Å². The van der Waals surface area contributed by atoms with Crippen molar-refractivity contribution in [2.45, 2.75) is 109 Å². The van der Waals surface area contributed by atoms with E-state index in [1.807, 2.05) is 44.2 Å². The molecule has 1 aliphatic heterocycles. The number of benzene rings is 2. The Bertz CT molecular complexity index is 1340. The van der Waals surface area contributed by atoms with Gasteiger partial charge < -0.3 is 35.6 Å². The van der Waals surface area contributed by atoms with Crippen LogP contribution in [0.2, 0.25) is 0 Å². The number of ether oxygens (including phenoxy) is 2. The predicted molar refractivity (Wildman–Crippen MR) is 186 cm³/mol. The molecule has 1 heterocycles. The highest BCUT2D eigenvalue weighted by molar-refractivity contribution is 5.88. The van der Waals surface area contributed by atoms with Crippen LogP contribution in [0.5, 0.6) is 5.75 Å². The third-order valence-corrected chi connectivity index (χ3v) is 8.84. The Morgan fingerprint density at radius 2 is 1.69 bits per heavy atom. The molecule has 6 atom stereocenters. The number of aliphatic carboxylic acids is 1. The van der Waals surface area contributed by atoms with E-state index in [-0.39, 0.29) is 49.4 Å². The Kier molecular flexibility index (Phi) is 16.0. The molecule has 1 saturated heterocycles. The molecule has 2 aromatic carbocycles. The molecule has 12 heteroatoms. The smallest absolute Gasteiger partial charge is 0.326 e. The Labute approximate surface area is 289 Å². The first-order chi connectivity index (χ1) is 23.4. The number of hydrogen-bond donors (Lipinski definition) is 5. The molecule has 1 aliphatic carbocycles. The third kappa shape index (κ3) is 12.8. The van der Waals surface area contributed by atoms with Gasteiger partial charge in [0.1, 0.15) is 30.5 Å². The number of aryl methyl sites for hydroxylation is 1. The van der Waals surface area contributed by atoms with Gasteiger partial charge in [0.15, 0.2) is 0 Å². The number of nitrogens with one attached hydrogen (secondary N) is 2. The molecule has 4 rings (SSSR count). The normalized spacial score (nSPS) is 20.0. The van der Waals surface area contributed by atoms with Crippen molar-refractivity contribution >= 4 is 23.8 Å². The van der Waals surface area contributed by atoms with Crippen LogP contribution in [0.1, 0.15) is 70.9 Å². The highest BCUT2D eigenvalue weighted by Crippen LogP contribution is 2.41. The first-order valence-corrected chi connectivity index (χ1v) is 17.3. The first kappa shape index (κ1) is 39.4. The fraction of sp³-hybridized carbons (Fsp3) is 0.568. The number of fused-ring (bicyclic) bond motifs is 1. The van der Waals surface area contributed by atoms with Crippen LogP contribution in [0.15, 0.2) is 54.6 Å². The van der Waals surface area contributed by atoms with Gasteiger partial charge in [0.2, 0.25) is 11.8 Å². The van der Waals surface area contributed by atoms with Crippen LogP contribution >= 0.6 is 0 Å². The number of aliphatic hydroxyl groups is 1. The third-order valence-electron chi connectivity index (χ3n) is 8.84. The van der Waals surface area contributed by atoms with Crippen molar-refractivity contribution in [1.29, 1.82) is 0 Å². The average Bonchev–Trinajstić information content (AvgIpc) is 3.68. The number of carboxylic acid groups (broad SMARTS) is 1. The summed E-state index contributed by atoms with van der Waals surface area (Å²) in [6.45, 7) is 8.49. The molecule has 12 nitrogen and oxygen atoms in total. The van der Waals surface area contributed by atoms with Crippen LogP contribution in [-0.2, 0) is 36.8 Å². The number of aliphatic hydroxyl groups excluding tert-OH is 1. The SMILES string of the molecule is CC(C)NCC(O)COc1ccc(CC(N)=O)cc1.CCOC(=O)[C@H](CCc1ccccc1)N[C@@H](C)C(=O)N1[C@H](C(=O)O)C[C@@H]2CCC[C@@H]21. The molecule has 0 bridgehead atoms. The van der Waals surface area contributed by atoms with Crippen molar-refractivity contribution in [2.75, 3.05) is 19.8 Å². The van der Waals surface area contributed by atoms with Gasteiger partial charge in [0.25, 0.3) is 0 Å². The van der Waals surface area contributed by atoms with Gasteiger partial charge in [0.05, 0.1) is 19.1 Å². The van der Waals surface area contributed by atoms with E-state index < -0.39 is 30.2 Å². The molecule has 0 aromatic heterocycles. The van der Waals surface area contributed by atoms with E-state index in [1.165, 1.54) is 0 Å². The Morgan fingerprint density at radius 3 is 2.31 bits per heavy atom. The molecule has 6 N–H and O–H groups in total. The van der Waals surface area contributed by atoms with Gasteiger partial charge in [-0.3, -0.25) is 19.7 Å². The van der Waals surface area contributed by atoms with Gasteiger partial charge in [-0.25, -0.2) is 4.79 Å². The van der Waals surface area contributed by atoms with E-state index in [0.29, 0.717) is 37.6 Å². The molecule has 2 amide bonds. The van der Waals surface area contributed by atoms with Gasteiger partial charge in [-0.2, -0.15) is 0 Å². The summed E-state index contributed by atoms with van der Waals surface area (Å²) in [6.07, 6.45) is 4.21. The molecule has 270 valence electrons. The fourth-order valence-electron chi connectivity index (χ4n) is 6.42. The number of esters is 1. The lowest BCUT2D eigenvalue weighted by molar-refractivity contribution is -0.151. The Morgan fingerprint density at radius 1 is 1.00 bits per heavy atom. The summed E-state index contributed by atoms with van der Waals surface area (Å²) in [7, 11) is 0. The van der Waals surface area contributed by atoms with E-state index in [4.69, 9.17) is 15.2 Å². The number of primary amides is 1. The lowest BCUT2D eigenvalue weighted by Crippen LogP contribution is -2.55. The number of carboxylic acids is 1. The largest absolute Gasteiger partial charge is 0.491 e. The van der Waals surface area contributed by atoms with E-state index in [1.54, 1.807) is 43.0 Å². The zero-order chi connectivity index (χ0) is 35.9. The number of carbonyl (C=O) groups excluding carboxylic acids is 3. The number of amides is 2. The summed E-state index contributed by atoms with van der Waals surface area (Å²) in [5, 5.41) is 25.6. The molecule has 0 spiro atoms. The standard InChI is InChI=1S/C23H32N2O5.C14H22N2O3/c1-3-30-23(29)18(13-12-16-8-5-4-6-9-16)24-15(2)21(26)25-19-11-7-10-17(19)14-20(25)22(27)28;1-10(2)16-8-12(17)9-19-13-5-3-11(4-6-13)7-14(15)18/h4-6,8-9,15,17-20,24H,3,7,10-14H2,1-2H3,(H,27,28);3-6,10,12,16-17H,7-9H2,1-2H3,(H2,15,18)/t15-,17-,18-,19-,20-;/m0./s1. The van der Waals surface area contributed by atoms with Crippen molar-refractivity contribution in [3.8, 4) is 5.75 Å². The number of carbonyl (C=O) groups is 4. The van der Waals surface area contributed by atoms with E-state index in [2.05, 4.69) is 10.6 Å². The molecule has 49 heavy (non-hydrogen) atoms. The van der Waals surface area contributed by atoms with Crippen LogP contribution in [0, 0.1) is 5.92 Å². The lowest BCUT2D eigenvalue weighted by Gasteiger charge is -2.31. The minimum atomic E-state index is -0.948. The summed E-state index contributed by atoms with van der Waals surface area (Å²) < 4.78 is 10.7. The number of nitrogens with two attached hydrogens (primary N) is 1. The summed E-state index contributed by atoms with van der Waals surface area (Å²) in [5.41, 5.74) is 7.06. The Balaban J connectivity index is 0.000000295. The van der Waals surface area contributed by atoms with Gasteiger partial charge in [-0.1, -0.05) is 62.7 Å². The van der Waals surface area contributed by atoms with Crippen molar-refractivity contribution in [3.63, 3.8) is 0 Å². The maximum absolute atomic E-state index is 13.2. The highest BCUT2D eigenvalue weighted by Gasteiger charge is 2.49. The summed E-state index contributed by atoms with van der Waals surface area (Å²) in [5.74, 6) is -1.01. The van der Waals surface area contributed by atoms with Crippen molar-refractivity contribution in [1.82, 2.24) is 15.5 Å². The molecule has 2 aliphatic rings. The van der Waals surface area contributed by atoms with Gasteiger partial charge in [-0.15, -0.1) is 0 Å². The van der Waals surface area contributed by atoms with Crippen LogP contribution in [0.25, 0.3) is 0 Å². The van der Waals surface area contributed by atoms with Crippen LogP contribution < -0.4 is 21.1 Å². The quantitative estimate of drug-likeness (QED) is 0.156. The molecule has 1 saturated carbocycles. The second-order valence-corrected chi connectivity index (χ2v) is 13.1. The van der Waals surface area contributed by atoms with Crippen molar-refractivity contribution in [2.24, 2.45) is 11.7 Å². The molecule has 0 radical (unpaired) electrons. The van der Waals surface area contributed by atoms with Gasteiger partial charge in [0, 0.05) is 18.6 Å².